The normalized spacial score (nSPS) is 12.4. The number of rotatable bonds is 6. The molecule has 128 valence electrons. The molecule has 1 unspecified atom stereocenters. The van der Waals surface area contributed by atoms with E-state index in [-0.39, 0.29) is 11.9 Å². The van der Waals surface area contributed by atoms with Gasteiger partial charge < -0.3 is 20.7 Å². The second-order valence-electron chi connectivity index (χ2n) is 6.45. The summed E-state index contributed by atoms with van der Waals surface area (Å²) in [4.78, 5) is 23.1. The molecule has 1 atom stereocenters. The summed E-state index contributed by atoms with van der Waals surface area (Å²) in [7, 11) is 1.61. The number of hydrogen-bond donors (Lipinski definition) is 3. The summed E-state index contributed by atoms with van der Waals surface area (Å²) in [6, 6.07) is 7.35. The van der Waals surface area contributed by atoms with Gasteiger partial charge in [-0.15, -0.1) is 0 Å². The molecule has 0 spiro atoms. The fraction of sp³-hybridized carbons (Fsp3) is 0.529. The Morgan fingerprint density at radius 2 is 1.78 bits per heavy atom. The molecule has 0 aliphatic rings. The molecule has 3 N–H and O–H groups in total. The number of ether oxygens (including phenoxy) is 1. The number of carbonyl (C=O) groups excluding carboxylic acids is 2. The van der Waals surface area contributed by atoms with E-state index in [2.05, 4.69) is 16.0 Å². The summed E-state index contributed by atoms with van der Waals surface area (Å²) in [6.45, 7) is 8.68. The maximum atomic E-state index is 11.6. The van der Waals surface area contributed by atoms with Gasteiger partial charge in [0, 0.05) is 31.7 Å². The van der Waals surface area contributed by atoms with Gasteiger partial charge >= 0.3 is 6.09 Å². The standard InChI is InChI=1S/C17H27N3O3/c1-12(20-16(22)23-17(2,3)4)10-19-11-13-6-8-14(9-7-13)15(21)18-5/h6-9,12,19H,10-11H2,1-5H3,(H,18,21)(H,20,22). The molecule has 6 nitrogen and oxygen atoms in total. The van der Waals surface area contributed by atoms with E-state index < -0.39 is 11.7 Å². The predicted molar refractivity (Wildman–Crippen MR) is 90.4 cm³/mol. The summed E-state index contributed by atoms with van der Waals surface area (Å²) in [6.07, 6.45) is -0.415. The molecule has 23 heavy (non-hydrogen) atoms. The van der Waals surface area contributed by atoms with Crippen LogP contribution in [0.4, 0.5) is 4.79 Å². The Kier molecular flexibility index (Phi) is 7.03. The van der Waals surface area contributed by atoms with Crippen LogP contribution in [0.2, 0.25) is 0 Å². The molecular weight excluding hydrogens is 294 g/mol. The highest BCUT2D eigenvalue weighted by Gasteiger charge is 2.17. The molecule has 0 fully saturated rings. The minimum Gasteiger partial charge on any atom is -0.444 e. The Balaban J connectivity index is 2.33. The van der Waals surface area contributed by atoms with Gasteiger partial charge in [0.2, 0.25) is 0 Å². The maximum absolute atomic E-state index is 11.6. The van der Waals surface area contributed by atoms with Crippen LogP contribution in [-0.2, 0) is 11.3 Å². The molecule has 0 radical (unpaired) electrons. The third-order valence-corrected chi connectivity index (χ3v) is 2.99. The van der Waals surface area contributed by atoms with Gasteiger partial charge in [-0.2, -0.15) is 0 Å². The molecule has 0 saturated carbocycles. The molecular formula is C17H27N3O3. The summed E-state index contributed by atoms with van der Waals surface area (Å²) in [5, 5.41) is 8.63. The Morgan fingerprint density at radius 3 is 2.30 bits per heavy atom. The zero-order valence-corrected chi connectivity index (χ0v) is 14.5. The van der Waals surface area contributed by atoms with Crippen LogP contribution in [0.25, 0.3) is 0 Å². The van der Waals surface area contributed by atoms with Gasteiger partial charge in [-0.25, -0.2) is 4.79 Å². The predicted octanol–water partition coefficient (Wildman–Crippen LogP) is 2.05. The van der Waals surface area contributed by atoms with Crippen LogP contribution in [-0.4, -0.2) is 37.2 Å². The fourth-order valence-corrected chi connectivity index (χ4v) is 1.91. The van der Waals surface area contributed by atoms with Crippen molar-refractivity contribution in [3.8, 4) is 0 Å². The highest BCUT2D eigenvalue weighted by molar-refractivity contribution is 5.93. The Morgan fingerprint density at radius 1 is 1.17 bits per heavy atom. The molecule has 0 saturated heterocycles. The highest BCUT2D eigenvalue weighted by atomic mass is 16.6. The average Bonchev–Trinajstić information content (AvgIpc) is 2.45. The van der Waals surface area contributed by atoms with Crippen molar-refractivity contribution >= 4 is 12.0 Å². The average molecular weight is 321 g/mol. The lowest BCUT2D eigenvalue weighted by molar-refractivity contribution is 0.0508. The van der Waals surface area contributed by atoms with Crippen LogP contribution in [0.15, 0.2) is 24.3 Å². The molecule has 1 aromatic carbocycles. The first-order valence-electron chi connectivity index (χ1n) is 7.72. The monoisotopic (exact) mass is 321 g/mol. The zero-order chi connectivity index (χ0) is 17.5. The maximum Gasteiger partial charge on any atom is 0.407 e. The number of amides is 2. The van der Waals surface area contributed by atoms with Gasteiger partial charge in [0.15, 0.2) is 0 Å². The third kappa shape index (κ3) is 7.65. The molecule has 0 aliphatic heterocycles. The van der Waals surface area contributed by atoms with E-state index in [1.54, 1.807) is 19.2 Å². The van der Waals surface area contributed by atoms with Crippen molar-refractivity contribution in [2.24, 2.45) is 0 Å². The Bertz CT molecular complexity index is 521. The molecule has 6 heteroatoms. The van der Waals surface area contributed by atoms with Crippen LogP contribution in [0.3, 0.4) is 0 Å². The van der Waals surface area contributed by atoms with Crippen molar-refractivity contribution in [1.82, 2.24) is 16.0 Å². The minimum atomic E-state index is -0.496. The minimum absolute atomic E-state index is 0.0463. The lowest BCUT2D eigenvalue weighted by Gasteiger charge is -2.22. The summed E-state index contributed by atoms with van der Waals surface area (Å²) in [5.74, 6) is -0.0975. The van der Waals surface area contributed by atoms with E-state index in [9.17, 15) is 9.59 Å². The summed E-state index contributed by atoms with van der Waals surface area (Å²) < 4.78 is 5.20. The number of nitrogens with one attached hydrogen (secondary N) is 3. The van der Waals surface area contributed by atoms with Gasteiger partial charge in [-0.3, -0.25) is 4.79 Å². The van der Waals surface area contributed by atoms with E-state index in [1.807, 2.05) is 39.8 Å². The summed E-state index contributed by atoms with van der Waals surface area (Å²) in [5.41, 5.74) is 1.21. The van der Waals surface area contributed by atoms with Crippen molar-refractivity contribution in [2.45, 2.75) is 45.9 Å². The molecule has 0 aliphatic carbocycles. The highest BCUT2D eigenvalue weighted by Crippen LogP contribution is 2.07. The number of alkyl carbamates (subject to hydrolysis) is 1. The second kappa shape index (κ2) is 8.53. The Labute approximate surface area is 138 Å². The smallest absolute Gasteiger partial charge is 0.407 e. The second-order valence-corrected chi connectivity index (χ2v) is 6.45. The van der Waals surface area contributed by atoms with Crippen LogP contribution in [0.1, 0.15) is 43.6 Å². The van der Waals surface area contributed by atoms with E-state index in [4.69, 9.17) is 4.74 Å². The van der Waals surface area contributed by atoms with E-state index in [0.29, 0.717) is 18.7 Å². The number of hydrogen-bond acceptors (Lipinski definition) is 4. The zero-order valence-electron chi connectivity index (χ0n) is 14.5. The van der Waals surface area contributed by atoms with Crippen LogP contribution < -0.4 is 16.0 Å². The summed E-state index contributed by atoms with van der Waals surface area (Å²) >= 11 is 0. The van der Waals surface area contributed by atoms with E-state index >= 15 is 0 Å². The topological polar surface area (TPSA) is 79.5 Å². The van der Waals surface area contributed by atoms with Gasteiger partial charge in [0.25, 0.3) is 5.91 Å². The first kappa shape index (κ1) is 19.0. The SMILES string of the molecule is CNC(=O)c1ccc(CNCC(C)NC(=O)OC(C)(C)C)cc1. The molecule has 0 heterocycles. The van der Waals surface area contributed by atoms with Crippen molar-refractivity contribution in [3.63, 3.8) is 0 Å². The molecule has 1 rings (SSSR count). The van der Waals surface area contributed by atoms with Crippen molar-refractivity contribution < 1.29 is 14.3 Å². The largest absolute Gasteiger partial charge is 0.444 e. The molecule has 1 aromatic rings. The molecule has 0 aromatic heterocycles. The lowest BCUT2D eigenvalue weighted by Crippen LogP contribution is -2.42. The number of carbonyl (C=O) groups is 2. The first-order valence-corrected chi connectivity index (χ1v) is 7.72. The van der Waals surface area contributed by atoms with Gasteiger partial charge in [-0.1, -0.05) is 12.1 Å². The van der Waals surface area contributed by atoms with Gasteiger partial charge in [-0.05, 0) is 45.4 Å². The Hall–Kier alpha value is -2.08. The van der Waals surface area contributed by atoms with Crippen molar-refractivity contribution in [1.29, 1.82) is 0 Å². The first-order chi connectivity index (χ1) is 10.7. The van der Waals surface area contributed by atoms with Crippen LogP contribution in [0.5, 0.6) is 0 Å². The van der Waals surface area contributed by atoms with Gasteiger partial charge in [0.05, 0.1) is 0 Å². The van der Waals surface area contributed by atoms with E-state index in [0.717, 1.165) is 5.56 Å². The third-order valence-electron chi connectivity index (χ3n) is 2.99. The quantitative estimate of drug-likeness (QED) is 0.749. The number of benzene rings is 1. The van der Waals surface area contributed by atoms with Crippen molar-refractivity contribution in [3.05, 3.63) is 35.4 Å². The molecule has 2 amide bonds. The van der Waals surface area contributed by atoms with Crippen molar-refractivity contribution in [2.75, 3.05) is 13.6 Å². The lowest BCUT2D eigenvalue weighted by atomic mass is 10.1. The van der Waals surface area contributed by atoms with Crippen LogP contribution >= 0.6 is 0 Å². The van der Waals surface area contributed by atoms with E-state index in [1.165, 1.54) is 0 Å². The van der Waals surface area contributed by atoms with Gasteiger partial charge in [0.1, 0.15) is 5.60 Å². The fourth-order valence-electron chi connectivity index (χ4n) is 1.91. The van der Waals surface area contributed by atoms with Crippen LogP contribution in [0, 0.1) is 0 Å². The molecule has 0 bridgehead atoms.